The smallest absolute Gasteiger partial charge is 0.0862 e. The Kier molecular flexibility index (Phi) is 7.61. The average molecular weight is 338 g/mol. The van der Waals surface area contributed by atoms with E-state index >= 15 is 0 Å². The second-order valence-electron chi connectivity index (χ2n) is 6.00. The van der Waals surface area contributed by atoms with E-state index in [1.54, 1.807) is 6.08 Å². The highest BCUT2D eigenvalue weighted by Crippen LogP contribution is 2.23. The van der Waals surface area contributed by atoms with E-state index in [2.05, 4.69) is 32.8 Å². The van der Waals surface area contributed by atoms with Gasteiger partial charge in [-0.05, 0) is 55.8 Å². The molecule has 2 aromatic heterocycles. The third-order valence-electron chi connectivity index (χ3n) is 4.33. The van der Waals surface area contributed by atoms with Crippen molar-refractivity contribution in [3.05, 3.63) is 48.4 Å². The SMILES string of the molecule is C=Cc1nc(-c2cncc(CN3CCCCC3)c2)ccc1NC.CC. The first-order valence-electron chi connectivity index (χ1n) is 9.28. The van der Waals surface area contributed by atoms with Crippen LogP contribution in [0.5, 0.6) is 0 Å². The van der Waals surface area contributed by atoms with Gasteiger partial charge in [-0.1, -0.05) is 26.8 Å². The first kappa shape index (κ1) is 19.1. The molecule has 4 heteroatoms. The lowest BCUT2D eigenvalue weighted by atomic mass is 10.1. The Hall–Kier alpha value is -2.20. The number of nitrogens with zero attached hydrogens (tertiary/aromatic N) is 3. The number of hydrogen-bond acceptors (Lipinski definition) is 4. The molecular weight excluding hydrogens is 308 g/mol. The number of pyridine rings is 2. The summed E-state index contributed by atoms with van der Waals surface area (Å²) in [5, 5.41) is 3.13. The zero-order chi connectivity index (χ0) is 18.1. The van der Waals surface area contributed by atoms with Crippen molar-refractivity contribution < 1.29 is 0 Å². The lowest BCUT2D eigenvalue weighted by Crippen LogP contribution is -2.29. The van der Waals surface area contributed by atoms with Crippen molar-refractivity contribution in [3.63, 3.8) is 0 Å². The summed E-state index contributed by atoms with van der Waals surface area (Å²) >= 11 is 0. The molecule has 1 aliphatic heterocycles. The number of rotatable bonds is 5. The fourth-order valence-electron chi connectivity index (χ4n) is 3.09. The van der Waals surface area contributed by atoms with E-state index < -0.39 is 0 Å². The molecule has 3 rings (SSSR count). The first-order valence-corrected chi connectivity index (χ1v) is 9.28. The Balaban J connectivity index is 0.00000109. The summed E-state index contributed by atoms with van der Waals surface area (Å²) < 4.78 is 0. The van der Waals surface area contributed by atoms with Crippen molar-refractivity contribution in [1.82, 2.24) is 14.9 Å². The Morgan fingerprint density at radius 2 is 1.92 bits per heavy atom. The minimum Gasteiger partial charge on any atom is -0.386 e. The van der Waals surface area contributed by atoms with Gasteiger partial charge in [0.15, 0.2) is 0 Å². The normalized spacial score (nSPS) is 14.4. The van der Waals surface area contributed by atoms with E-state index in [1.165, 1.54) is 37.9 Å². The predicted octanol–water partition coefficient (Wildman–Crippen LogP) is 4.84. The molecule has 0 aliphatic carbocycles. The summed E-state index contributed by atoms with van der Waals surface area (Å²) in [5.74, 6) is 0. The molecule has 0 amide bonds. The van der Waals surface area contributed by atoms with Gasteiger partial charge in [-0.15, -0.1) is 0 Å². The van der Waals surface area contributed by atoms with E-state index in [1.807, 2.05) is 45.4 Å². The van der Waals surface area contributed by atoms with Crippen LogP contribution >= 0.6 is 0 Å². The zero-order valence-electron chi connectivity index (χ0n) is 15.8. The molecule has 134 valence electrons. The van der Waals surface area contributed by atoms with Gasteiger partial charge in [0.2, 0.25) is 0 Å². The Labute approximate surface area is 152 Å². The molecule has 0 bridgehead atoms. The monoisotopic (exact) mass is 338 g/mol. The molecular formula is C21H30N4. The van der Waals surface area contributed by atoms with Gasteiger partial charge in [0.25, 0.3) is 0 Å². The fourth-order valence-corrected chi connectivity index (χ4v) is 3.09. The van der Waals surface area contributed by atoms with Gasteiger partial charge in [0, 0.05) is 31.5 Å². The van der Waals surface area contributed by atoms with Crippen LogP contribution in [0.4, 0.5) is 5.69 Å². The molecule has 3 heterocycles. The van der Waals surface area contributed by atoms with Gasteiger partial charge in [0.05, 0.1) is 17.1 Å². The number of piperidine rings is 1. The highest BCUT2D eigenvalue weighted by Gasteiger charge is 2.11. The lowest BCUT2D eigenvalue weighted by Gasteiger charge is -2.26. The van der Waals surface area contributed by atoms with E-state index in [4.69, 9.17) is 0 Å². The summed E-state index contributed by atoms with van der Waals surface area (Å²) in [6, 6.07) is 6.27. The molecule has 1 saturated heterocycles. The molecule has 1 aliphatic rings. The third kappa shape index (κ3) is 5.13. The number of anilines is 1. The second kappa shape index (κ2) is 9.94. The number of nitrogens with one attached hydrogen (secondary N) is 1. The average Bonchev–Trinajstić information content (AvgIpc) is 2.70. The van der Waals surface area contributed by atoms with E-state index in [0.29, 0.717) is 0 Å². The maximum Gasteiger partial charge on any atom is 0.0862 e. The number of aromatic nitrogens is 2. The van der Waals surface area contributed by atoms with Crippen LogP contribution in [0, 0.1) is 0 Å². The van der Waals surface area contributed by atoms with Crippen molar-refractivity contribution in [2.75, 3.05) is 25.5 Å². The largest absolute Gasteiger partial charge is 0.386 e. The highest BCUT2D eigenvalue weighted by atomic mass is 15.1. The van der Waals surface area contributed by atoms with Gasteiger partial charge < -0.3 is 5.32 Å². The van der Waals surface area contributed by atoms with Crippen LogP contribution < -0.4 is 5.32 Å². The topological polar surface area (TPSA) is 41.1 Å². The van der Waals surface area contributed by atoms with Crippen LogP contribution in [0.2, 0.25) is 0 Å². The molecule has 1 N–H and O–H groups in total. The molecule has 0 unspecified atom stereocenters. The summed E-state index contributed by atoms with van der Waals surface area (Å²) in [7, 11) is 1.89. The highest BCUT2D eigenvalue weighted by molar-refractivity contribution is 5.68. The van der Waals surface area contributed by atoms with Gasteiger partial charge in [-0.25, -0.2) is 4.98 Å². The Morgan fingerprint density at radius 1 is 1.16 bits per heavy atom. The summed E-state index contributed by atoms with van der Waals surface area (Å²) in [5.41, 5.74) is 5.11. The molecule has 2 aromatic rings. The summed E-state index contributed by atoms with van der Waals surface area (Å²) in [4.78, 5) is 11.6. The minimum absolute atomic E-state index is 0.867. The van der Waals surface area contributed by atoms with Crippen molar-refractivity contribution in [2.45, 2.75) is 39.7 Å². The van der Waals surface area contributed by atoms with Gasteiger partial charge in [-0.2, -0.15) is 0 Å². The van der Waals surface area contributed by atoms with Crippen LogP contribution in [0.3, 0.4) is 0 Å². The number of hydrogen-bond donors (Lipinski definition) is 1. The minimum atomic E-state index is 0.867. The van der Waals surface area contributed by atoms with Crippen LogP contribution in [-0.2, 0) is 6.54 Å². The van der Waals surface area contributed by atoms with Crippen LogP contribution in [-0.4, -0.2) is 35.0 Å². The predicted molar refractivity (Wildman–Crippen MR) is 108 cm³/mol. The maximum atomic E-state index is 4.69. The Bertz CT molecular complexity index is 675. The van der Waals surface area contributed by atoms with Crippen molar-refractivity contribution in [1.29, 1.82) is 0 Å². The van der Waals surface area contributed by atoms with Crippen molar-refractivity contribution in [2.24, 2.45) is 0 Å². The molecule has 0 saturated carbocycles. The quantitative estimate of drug-likeness (QED) is 0.847. The van der Waals surface area contributed by atoms with Gasteiger partial charge in [-0.3, -0.25) is 9.88 Å². The fraction of sp³-hybridized carbons (Fsp3) is 0.429. The molecule has 25 heavy (non-hydrogen) atoms. The van der Waals surface area contributed by atoms with Crippen molar-refractivity contribution >= 4 is 11.8 Å². The molecule has 1 fully saturated rings. The second-order valence-corrected chi connectivity index (χ2v) is 6.00. The zero-order valence-corrected chi connectivity index (χ0v) is 15.8. The molecule has 0 spiro atoms. The van der Waals surface area contributed by atoms with Crippen LogP contribution in [0.25, 0.3) is 17.3 Å². The van der Waals surface area contributed by atoms with Gasteiger partial charge in [0.1, 0.15) is 0 Å². The maximum absolute atomic E-state index is 4.69. The van der Waals surface area contributed by atoms with Gasteiger partial charge >= 0.3 is 0 Å². The molecule has 0 aromatic carbocycles. The standard InChI is InChI=1S/C19H24N4.C2H6/c1-3-17-19(20-2)8-7-18(22-17)16-11-15(12-21-13-16)14-23-9-5-4-6-10-23;1-2/h3,7-8,11-13,20H,1,4-6,9-10,14H2,2H3;1-2H3. The van der Waals surface area contributed by atoms with Crippen LogP contribution in [0.15, 0.2) is 37.2 Å². The van der Waals surface area contributed by atoms with E-state index in [9.17, 15) is 0 Å². The van der Waals surface area contributed by atoms with E-state index in [0.717, 1.165) is 29.2 Å². The Morgan fingerprint density at radius 3 is 2.60 bits per heavy atom. The first-order chi connectivity index (χ1) is 12.3. The summed E-state index contributed by atoms with van der Waals surface area (Å²) in [6.45, 7) is 11.2. The molecule has 0 radical (unpaired) electrons. The van der Waals surface area contributed by atoms with Crippen LogP contribution in [0.1, 0.15) is 44.4 Å². The van der Waals surface area contributed by atoms with E-state index in [-0.39, 0.29) is 0 Å². The number of likely N-dealkylation sites (tertiary alicyclic amines) is 1. The van der Waals surface area contributed by atoms with Crippen molar-refractivity contribution in [3.8, 4) is 11.3 Å². The third-order valence-corrected chi connectivity index (χ3v) is 4.33. The summed E-state index contributed by atoms with van der Waals surface area (Å²) in [6.07, 6.45) is 9.61. The lowest BCUT2D eigenvalue weighted by molar-refractivity contribution is 0.220. The molecule has 4 nitrogen and oxygen atoms in total. The molecule has 0 atom stereocenters.